The van der Waals surface area contributed by atoms with Crippen molar-refractivity contribution in [2.45, 2.75) is 39.5 Å². The van der Waals surface area contributed by atoms with Crippen LogP contribution >= 0.6 is 0 Å². The molecule has 2 N–H and O–H groups in total. The molecular weight excluding hydrogens is 360 g/mol. The molecule has 2 rings (SSSR count). The van der Waals surface area contributed by atoms with Gasteiger partial charge in [-0.3, -0.25) is 19.1 Å². The van der Waals surface area contributed by atoms with Gasteiger partial charge in [0.25, 0.3) is 5.91 Å². The highest BCUT2D eigenvalue weighted by Crippen LogP contribution is 2.13. The Labute approximate surface area is 163 Å². The van der Waals surface area contributed by atoms with Crippen LogP contribution in [0.3, 0.4) is 0 Å². The number of carbonyl (C=O) groups excluding carboxylic acids is 3. The molecule has 8 heteroatoms. The molecule has 148 valence electrons. The Balaban J connectivity index is 2.02. The molecule has 2 aromatic rings. The first kappa shape index (κ1) is 20.9. The van der Waals surface area contributed by atoms with Gasteiger partial charge >= 0.3 is 5.97 Å². The SMILES string of the molecule is C=CC(=O)NCc1ccccc1C(=O)Nc1cnn(CC(=O)OC(C)(C)C)c1. The highest BCUT2D eigenvalue weighted by Gasteiger charge is 2.17. The van der Waals surface area contributed by atoms with Crippen LogP contribution in [0.5, 0.6) is 0 Å². The van der Waals surface area contributed by atoms with Gasteiger partial charge in [-0.2, -0.15) is 5.10 Å². The van der Waals surface area contributed by atoms with Crippen molar-refractivity contribution in [1.82, 2.24) is 15.1 Å². The van der Waals surface area contributed by atoms with Crippen LogP contribution < -0.4 is 10.6 Å². The highest BCUT2D eigenvalue weighted by molar-refractivity contribution is 6.05. The molecule has 1 aromatic heterocycles. The van der Waals surface area contributed by atoms with Gasteiger partial charge in [0, 0.05) is 18.3 Å². The number of aromatic nitrogens is 2. The average Bonchev–Trinajstić information content (AvgIpc) is 3.04. The third-order valence-electron chi connectivity index (χ3n) is 3.50. The summed E-state index contributed by atoms with van der Waals surface area (Å²) in [7, 11) is 0. The molecule has 0 aliphatic heterocycles. The second kappa shape index (κ2) is 8.98. The largest absolute Gasteiger partial charge is 0.459 e. The monoisotopic (exact) mass is 384 g/mol. The van der Waals surface area contributed by atoms with Gasteiger partial charge in [0.05, 0.1) is 11.9 Å². The van der Waals surface area contributed by atoms with Crippen molar-refractivity contribution in [3.63, 3.8) is 0 Å². The van der Waals surface area contributed by atoms with Gasteiger partial charge in [-0.05, 0) is 38.5 Å². The van der Waals surface area contributed by atoms with E-state index in [-0.39, 0.29) is 24.9 Å². The Kier molecular flexibility index (Phi) is 6.70. The van der Waals surface area contributed by atoms with E-state index >= 15 is 0 Å². The van der Waals surface area contributed by atoms with Crippen LogP contribution in [0.15, 0.2) is 49.3 Å². The number of esters is 1. The number of hydrogen-bond acceptors (Lipinski definition) is 5. The van der Waals surface area contributed by atoms with Crippen LogP contribution in [0.2, 0.25) is 0 Å². The first-order chi connectivity index (χ1) is 13.2. The number of amides is 2. The summed E-state index contributed by atoms with van der Waals surface area (Å²) in [6.07, 6.45) is 4.16. The lowest BCUT2D eigenvalue weighted by Gasteiger charge is -2.19. The Morgan fingerprint density at radius 2 is 1.96 bits per heavy atom. The standard InChI is InChI=1S/C20H24N4O4/c1-5-17(25)21-10-14-8-6-7-9-16(14)19(27)23-15-11-22-24(12-15)13-18(26)28-20(2,3)4/h5-9,11-12H,1,10,13H2,2-4H3,(H,21,25)(H,23,27). The third-order valence-corrected chi connectivity index (χ3v) is 3.50. The van der Waals surface area contributed by atoms with E-state index in [2.05, 4.69) is 22.3 Å². The number of rotatable bonds is 7. The zero-order valence-corrected chi connectivity index (χ0v) is 16.2. The van der Waals surface area contributed by atoms with Crippen LogP contribution in [0, 0.1) is 0 Å². The first-order valence-corrected chi connectivity index (χ1v) is 8.72. The number of benzene rings is 1. The minimum Gasteiger partial charge on any atom is -0.459 e. The van der Waals surface area contributed by atoms with Crippen molar-refractivity contribution in [3.05, 3.63) is 60.4 Å². The molecule has 0 spiro atoms. The second-order valence-corrected chi connectivity index (χ2v) is 7.05. The zero-order chi connectivity index (χ0) is 20.7. The molecule has 0 aliphatic carbocycles. The summed E-state index contributed by atoms with van der Waals surface area (Å²) < 4.78 is 6.63. The van der Waals surface area contributed by atoms with E-state index in [1.165, 1.54) is 17.0 Å². The molecule has 1 heterocycles. The summed E-state index contributed by atoms with van der Waals surface area (Å²) in [6, 6.07) is 6.94. The van der Waals surface area contributed by atoms with Gasteiger partial charge < -0.3 is 15.4 Å². The van der Waals surface area contributed by atoms with E-state index in [0.29, 0.717) is 16.8 Å². The van der Waals surface area contributed by atoms with Crippen LogP contribution in [-0.4, -0.2) is 33.2 Å². The Morgan fingerprint density at radius 3 is 2.64 bits per heavy atom. The van der Waals surface area contributed by atoms with Crippen molar-refractivity contribution < 1.29 is 19.1 Å². The summed E-state index contributed by atoms with van der Waals surface area (Å²) in [5.74, 6) is -1.09. The van der Waals surface area contributed by atoms with E-state index < -0.39 is 11.6 Å². The van der Waals surface area contributed by atoms with Crippen molar-refractivity contribution >= 4 is 23.5 Å². The van der Waals surface area contributed by atoms with Crippen molar-refractivity contribution in [3.8, 4) is 0 Å². The molecule has 1 aromatic carbocycles. The van der Waals surface area contributed by atoms with E-state index in [1.54, 1.807) is 51.2 Å². The van der Waals surface area contributed by atoms with E-state index in [1.807, 2.05) is 0 Å². The van der Waals surface area contributed by atoms with Crippen molar-refractivity contribution in [1.29, 1.82) is 0 Å². The quantitative estimate of drug-likeness (QED) is 0.563. The first-order valence-electron chi connectivity index (χ1n) is 8.72. The normalized spacial score (nSPS) is 10.8. The predicted molar refractivity (Wildman–Crippen MR) is 105 cm³/mol. The molecule has 0 fully saturated rings. The van der Waals surface area contributed by atoms with Crippen LogP contribution in [0.25, 0.3) is 0 Å². The Bertz CT molecular complexity index is 880. The Morgan fingerprint density at radius 1 is 1.25 bits per heavy atom. The van der Waals surface area contributed by atoms with Gasteiger partial charge in [0.2, 0.25) is 5.91 Å². The molecule has 8 nitrogen and oxygen atoms in total. The summed E-state index contributed by atoms with van der Waals surface area (Å²) in [5.41, 5.74) is 0.952. The average molecular weight is 384 g/mol. The summed E-state index contributed by atoms with van der Waals surface area (Å²) >= 11 is 0. The summed E-state index contributed by atoms with van der Waals surface area (Å²) in [5, 5.41) is 9.44. The van der Waals surface area contributed by atoms with E-state index in [0.717, 1.165) is 0 Å². The molecule has 0 saturated carbocycles. The molecule has 0 bridgehead atoms. The molecule has 0 atom stereocenters. The van der Waals surface area contributed by atoms with Crippen LogP contribution in [-0.2, 0) is 27.4 Å². The fourth-order valence-corrected chi connectivity index (χ4v) is 2.37. The molecule has 2 amide bonds. The Hall–Kier alpha value is -3.42. The van der Waals surface area contributed by atoms with Crippen molar-refractivity contribution in [2.24, 2.45) is 0 Å². The zero-order valence-electron chi connectivity index (χ0n) is 16.2. The molecule has 0 unspecified atom stereocenters. The fourth-order valence-electron chi connectivity index (χ4n) is 2.37. The molecule has 28 heavy (non-hydrogen) atoms. The van der Waals surface area contributed by atoms with E-state index in [9.17, 15) is 14.4 Å². The van der Waals surface area contributed by atoms with Crippen LogP contribution in [0.1, 0.15) is 36.7 Å². The number of hydrogen-bond donors (Lipinski definition) is 2. The number of anilines is 1. The minimum absolute atomic E-state index is 0.0582. The lowest BCUT2D eigenvalue weighted by Crippen LogP contribution is -2.26. The predicted octanol–water partition coefficient (Wildman–Crippen LogP) is 2.28. The maximum atomic E-state index is 12.6. The lowest BCUT2D eigenvalue weighted by molar-refractivity contribution is -0.155. The number of nitrogens with zero attached hydrogens (tertiary/aromatic N) is 2. The maximum Gasteiger partial charge on any atom is 0.328 e. The molecular formula is C20H24N4O4. The van der Waals surface area contributed by atoms with E-state index in [4.69, 9.17) is 4.74 Å². The smallest absolute Gasteiger partial charge is 0.328 e. The third kappa shape index (κ3) is 6.39. The maximum absolute atomic E-state index is 12.6. The van der Waals surface area contributed by atoms with Crippen LogP contribution in [0.4, 0.5) is 5.69 Å². The topological polar surface area (TPSA) is 102 Å². The van der Waals surface area contributed by atoms with Crippen molar-refractivity contribution in [2.75, 3.05) is 5.32 Å². The van der Waals surface area contributed by atoms with Gasteiger partial charge in [-0.25, -0.2) is 0 Å². The van der Waals surface area contributed by atoms with Gasteiger partial charge in [0.1, 0.15) is 12.1 Å². The van der Waals surface area contributed by atoms with Gasteiger partial charge in [0.15, 0.2) is 0 Å². The molecule has 0 aliphatic rings. The van der Waals surface area contributed by atoms with Gasteiger partial charge in [-0.15, -0.1) is 0 Å². The summed E-state index contributed by atoms with van der Waals surface area (Å²) in [6.45, 7) is 8.90. The lowest BCUT2D eigenvalue weighted by atomic mass is 10.1. The fraction of sp³-hybridized carbons (Fsp3) is 0.300. The van der Waals surface area contributed by atoms with Gasteiger partial charge in [-0.1, -0.05) is 24.8 Å². The number of ether oxygens (including phenoxy) is 1. The second-order valence-electron chi connectivity index (χ2n) is 7.05. The number of carbonyl (C=O) groups is 3. The molecule has 0 radical (unpaired) electrons. The molecule has 0 saturated heterocycles. The number of nitrogens with one attached hydrogen (secondary N) is 2. The highest BCUT2D eigenvalue weighted by atomic mass is 16.6. The summed E-state index contributed by atoms with van der Waals surface area (Å²) in [4.78, 5) is 35.8. The minimum atomic E-state index is -0.577.